The van der Waals surface area contributed by atoms with Crippen molar-refractivity contribution in [2.24, 2.45) is 0 Å². The molecular weight excluding hydrogens is 361 g/mol. The molecule has 1 aliphatic rings. The largest absolute Gasteiger partial charge is 0.460 e. The quantitative estimate of drug-likeness (QED) is 0.541. The van der Waals surface area contributed by atoms with Gasteiger partial charge >= 0.3 is 0 Å². The zero-order valence-corrected chi connectivity index (χ0v) is 14.8. The highest BCUT2D eigenvalue weighted by Crippen LogP contribution is 2.36. The molecule has 0 spiro atoms. The van der Waals surface area contributed by atoms with Gasteiger partial charge in [0.05, 0.1) is 6.61 Å². The average Bonchev–Trinajstić information content (AvgIpc) is 3.15. The van der Waals surface area contributed by atoms with Crippen molar-refractivity contribution in [1.29, 1.82) is 0 Å². The van der Waals surface area contributed by atoms with E-state index in [1.54, 1.807) is 0 Å². The summed E-state index contributed by atoms with van der Waals surface area (Å²) in [6.07, 6.45) is -0.551. The third-order valence-corrected chi connectivity index (χ3v) is 4.56. The Kier molecular flexibility index (Phi) is 4.14. The summed E-state index contributed by atoms with van der Waals surface area (Å²) in [6.45, 7) is 0.334. The van der Waals surface area contributed by atoms with Crippen LogP contribution in [0.3, 0.4) is 0 Å². The minimum Gasteiger partial charge on any atom is -0.460 e. The Hall–Kier alpha value is -3.45. The molecule has 0 amide bonds. The lowest BCUT2D eigenvalue weighted by Gasteiger charge is -2.28. The van der Waals surface area contributed by atoms with Crippen molar-refractivity contribution in [3.05, 3.63) is 89.2 Å². The lowest BCUT2D eigenvalue weighted by molar-refractivity contribution is -0.112. The van der Waals surface area contributed by atoms with E-state index in [0.29, 0.717) is 16.9 Å². The minimum atomic E-state index is -0.551. The second kappa shape index (κ2) is 6.94. The van der Waals surface area contributed by atoms with Crippen LogP contribution in [0.5, 0.6) is 5.75 Å². The Bertz CT molecular complexity index is 1130. The molecule has 6 nitrogen and oxygen atoms in total. The van der Waals surface area contributed by atoms with Gasteiger partial charge in [0.25, 0.3) is 0 Å². The summed E-state index contributed by atoms with van der Waals surface area (Å²) in [5.41, 5.74) is 3.58. The first-order valence-electron chi connectivity index (χ1n) is 8.86. The van der Waals surface area contributed by atoms with E-state index in [0.717, 1.165) is 16.6 Å². The number of ether oxygens (including phenoxy) is 2. The molecule has 0 saturated carbocycles. The normalized spacial score (nSPS) is 15.8. The third-order valence-electron chi connectivity index (χ3n) is 4.56. The molecule has 1 aromatic heterocycles. The molecule has 5 rings (SSSR count). The molecule has 7 heteroatoms. The van der Waals surface area contributed by atoms with Gasteiger partial charge in [0.15, 0.2) is 0 Å². The summed E-state index contributed by atoms with van der Waals surface area (Å²) in [5, 5.41) is 8.04. The van der Waals surface area contributed by atoms with Crippen LogP contribution in [0.15, 0.2) is 66.7 Å². The van der Waals surface area contributed by atoms with E-state index < -0.39 is 6.29 Å². The average molecular weight is 377 g/mol. The molecule has 0 fully saturated rings. The molecule has 3 aromatic carbocycles. The first kappa shape index (κ1) is 16.7. The summed E-state index contributed by atoms with van der Waals surface area (Å²) in [6, 6.07) is 19.9. The fourth-order valence-corrected chi connectivity index (χ4v) is 3.23. The number of rotatable bonds is 4. The van der Waals surface area contributed by atoms with Crippen molar-refractivity contribution < 1.29 is 18.7 Å². The first-order chi connectivity index (χ1) is 13.8. The minimum absolute atomic E-state index is 0.0783. The van der Waals surface area contributed by atoms with Crippen molar-refractivity contribution in [1.82, 2.24) is 15.2 Å². The number of para-hydroxylation sites is 1. The van der Waals surface area contributed by atoms with Crippen molar-refractivity contribution in [3.63, 3.8) is 0 Å². The molecular formula is C21H16FN3O3. The Labute approximate surface area is 160 Å². The van der Waals surface area contributed by atoms with Crippen molar-refractivity contribution in [2.45, 2.75) is 19.5 Å². The second-order valence-electron chi connectivity index (χ2n) is 6.45. The maximum Gasteiger partial charge on any atom is 0.227 e. The highest BCUT2D eigenvalue weighted by atomic mass is 19.1. The maximum atomic E-state index is 14.1. The van der Waals surface area contributed by atoms with Crippen LogP contribution in [0.1, 0.15) is 23.0 Å². The van der Waals surface area contributed by atoms with Crippen LogP contribution in [0.4, 0.5) is 4.39 Å². The number of halogens is 1. The van der Waals surface area contributed by atoms with Gasteiger partial charge in [-0.3, -0.25) is 0 Å². The van der Waals surface area contributed by atoms with Crippen LogP contribution in [0, 0.1) is 5.82 Å². The summed E-state index contributed by atoms with van der Waals surface area (Å²) >= 11 is 0. The van der Waals surface area contributed by atoms with Gasteiger partial charge in [-0.1, -0.05) is 47.3 Å². The maximum absolute atomic E-state index is 14.1. The lowest BCUT2D eigenvalue weighted by atomic mass is 10.1. The number of benzene rings is 3. The Balaban J connectivity index is 1.43. The van der Waals surface area contributed by atoms with E-state index in [1.165, 1.54) is 17.0 Å². The van der Waals surface area contributed by atoms with Crippen LogP contribution < -0.4 is 9.57 Å². The predicted octanol–water partition coefficient (Wildman–Crippen LogP) is 3.81. The van der Waals surface area contributed by atoms with Crippen LogP contribution in [-0.2, 0) is 18.0 Å². The molecule has 2 heterocycles. The van der Waals surface area contributed by atoms with Crippen LogP contribution in [-0.4, -0.2) is 15.2 Å². The van der Waals surface area contributed by atoms with E-state index in [1.807, 2.05) is 54.6 Å². The monoisotopic (exact) mass is 377 g/mol. The molecule has 0 N–H and O–H groups in total. The van der Waals surface area contributed by atoms with Gasteiger partial charge in [-0.15, -0.1) is 5.10 Å². The van der Waals surface area contributed by atoms with Gasteiger partial charge in [0.2, 0.25) is 6.29 Å². The van der Waals surface area contributed by atoms with Gasteiger partial charge in [0, 0.05) is 16.7 Å². The Morgan fingerprint density at radius 3 is 2.79 bits per heavy atom. The Morgan fingerprint density at radius 2 is 1.89 bits per heavy atom. The Morgan fingerprint density at radius 1 is 1.07 bits per heavy atom. The van der Waals surface area contributed by atoms with Crippen LogP contribution in [0.2, 0.25) is 0 Å². The molecule has 0 aliphatic carbocycles. The molecule has 1 atom stereocenters. The highest BCUT2D eigenvalue weighted by Gasteiger charge is 2.25. The molecule has 4 aromatic rings. The molecule has 1 aliphatic heterocycles. The summed E-state index contributed by atoms with van der Waals surface area (Å²) in [5.74, 6) is 0.206. The fourth-order valence-electron chi connectivity index (χ4n) is 3.23. The highest BCUT2D eigenvalue weighted by molar-refractivity contribution is 5.73. The molecule has 0 bridgehead atoms. The molecule has 140 valence electrons. The van der Waals surface area contributed by atoms with Crippen molar-refractivity contribution >= 4 is 11.0 Å². The van der Waals surface area contributed by atoms with Gasteiger partial charge in [0.1, 0.15) is 29.2 Å². The van der Waals surface area contributed by atoms with E-state index in [9.17, 15) is 4.39 Å². The fraction of sp³-hybridized carbons (Fsp3) is 0.143. The van der Waals surface area contributed by atoms with Gasteiger partial charge in [-0.2, -0.15) is 0 Å². The first-order valence-corrected chi connectivity index (χ1v) is 8.86. The van der Waals surface area contributed by atoms with Gasteiger partial charge in [-0.05, 0) is 29.5 Å². The van der Waals surface area contributed by atoms with E-state index in [4.69, 9.17) is 14.3 Å². The zero-order valence-electron chi connectivity index (χ0n) is 14.8. The number of aromatic nitrogens is 3. The number of hydrogen-bond acceptors (Lipinski definition) is 5. The topological polar surface area (TPSA) is 58.4 Å². The standard InChI is InChI=1S/C21H16FN3O3/c22-17-10-15-12-26-21(14-6-2-1-3-7-14)28-20(15)16(11-17)13-27-25-19-9-5-4-8-18(19)23-24-25/h1-11,21H,12-13H2. The predicted molar refractivity (Wildman–Crippen MR) is 98.8 cm³/mol. The van der Waals surface area contributed by atoms with E-state index in [2.05, 4.69) is 10.3 Å². The molecule has 28 heavy (non-hydrogen) atoms. The van der Waals surface area contributed by atoms with E-state index in [-0.39, 0.29) is 19.0 Å². The zero-order chi connectivity index (χ0) is 18.9. The summed E-state index contributed by atoms with van der Waals surface area (Å²) < 4.78 is 25.9. The SMILES string of the molecule is Fc1cc2c(c(COn3nnc4ccccc43)c1)OC(c1ccccc1)OC2. The molecule has 0 radical (unpaired) electrons. The number of nitrogens with zero attached hydrogens (tertiary/aromatic N) is 3. The van der Waals surface area contributed by atoms with E-state index >= 15 is 0 Å². The smallest absolute Gasteiger partial charge is 0.227 e. The second-order valence-corrected chi connectivity index (χ2v) is 6.45. The van der Waals surface area contributed by atoms with Crippen LogP contribution in [0.25, 0.3) is 11.0 Å². The van der Waals surface area contributed by atoms with Crippen LogP contribution >= 0.6 is 0 Å². The molecule has 0 saturated heterocycles. The van der Waals surface area contributed by atoms with Crippen molar-refractivity contribution in [2.75, 3.05) is 0 Å². The molecule has 1 unspecified atom stereocenters. The summed E-state index contributed by atoms with van der Waals surface area (Å²) in [4.78, 5) is 7.10. The summed E-state index contributed by atoms with van der Waals surface area (Å²) in [7, 11) is 0. The number of fused-ring (bicyclic) bond motifs is 2. The van der Waals surface area contributed by atoms with Gasteiger partial charge < -0.3 is 14.3 Å². The lowest BCUT2D eigenvalue weighted by Crippen LogP contribution is -2.21. The number of hydrogen-bond donors (Lipinski definition) is 0. The third kappa shape index (κ3) is 3.05. The van der Waals surface area contributed by atoms with Crippen molar-refractivity contribution in [3.8, 4) is 5.75 Å². The van der Waals surface area contributed by atoms with Gasteiger partial charge in [-0.25, -0.2) is 4.39 Å².